The van der Waals surface area contributed by atoms with Gasteiger partial charge in [0.25, 0.3) is 0 Å². The first-order chi connectivity index (χ1) is 17.1. The number of hydrogen-bond acceptors (Lipinski definition) is 3. The maximum absolute atomic E-state index is 14.0. The predicted molar refractivity (Wildman–Crippen MR) is 142 cm³/mol. The van der Waals surface area contributed by atoms with Crippen molar-refractivity contribution < 1.29 is 13.5 Å². The molecule has 1 aromatic heterocycles. The molecule has 5 heteroatoms. The SMILES string of the molecule is CCCCCCCCCCCCc1cnc(-c2ccc(OCC(F)CCC(F)CCC)cc2)nc1. The van der Waals surface area contributed by atoms with Gasteiger partial charge >= 0.3 is 0 Å². The summed E-state index contributed by atoms with van der Waals surface area (Å²) in [5.41, 5.74) is 2.08. The van der Waals surface area contributed by atoms with Crippen LogP contribution in [0.2, 0.25) is 0 Å². The second kappa shape index (κ2) is 18.3. The Hall–Kier alpha value is -2.04. The molecule has 2 atom stereocenters. The number of ether oxygens (including phenoxy) is 1. The lowest BCUT2D eigenvalue weighted by Crippen LogP contribution is -2.15. The number of hydrogen-bond donors (Lipinski definition) is 0. The van der Waals surface area contributed by atoms with Gasteiger partial charge in [-0.25, -0.2) is 18.7 Å². The molecule has 0 bridgehead atoms. The summed E-state index contributed by atoms with van der Waals surface area (Å²) in [6.45, 7) is 4.15. The van der Waals surface area contributed by atoms with Crippen molar-refractivity contribution in [2.45, 2.75) is 123 Å². The Labute approximate surface area is 212 Å². The van der Waals surface area contributed by atoms with E-state index in [4.69, 9.17) is 4.74 Å². The number of rotatable bonds is 20. The summed E-state index contributed by atoms with van der Waals surface area (Å²) in [7, 11) is 0. The summed E-state index contributed by atoms with van der Waals surface area (Å²) in [5.74, 6) is 1.27. The maximum Gasteiger partial charge on any atom is 0.159 e. The van der Waals surface area contributed by atoms with Gasteiger partial charge in [0, 0.05) is 18.0 Å². The lowest BCUT2D eigenvalue weighted by atomic mass is 10.0. The molecule has 0 aliphatic rings. The van der Waals surface area contributed by atoms with E-state index in [1.165, 1.54) is 69.8 Å². The molecule has 0 fully saturated rings. The van der Waals surface area contributed by atoms with Crippen molar-refractivity contribution in [3.63, 3.8) is 0 Å². The van der Waals surface area contributed by atoms with Gasteiger partial charge in [0.1, 0.15) is 24.7 Å². The lowest BCUT2D eigenvalue weighted by molar-refractivity contribution is 0.168. The van der Waals surface area contributed by atoms with E-state index in [1.54, 1.807) is 12.1 Å². The van der Waals surface area contributed by atoms with Gasteiger partial charge in [0.2, 0.25) is 0 Å². The third-order valence-corrected chi connectivity index (χ3v) is 6.46. The number of unbranched alkanes of at least 4 members (excludes halogenated alkanes) is 9. The van der Waals surface area contributed by atoms with Gasteiger partial charge in [0.05, 0.1) is 0 Å². The highest BCUT2D eigenvalue weighted by molar-refractivity contribution is 5.55. The van der Waals surface area contributed by atoms with Crippen molar-refractivity contribution in [2.75, 3.05) is 6.61 Å². The average molecular weight is 489 g/mol. The van der Waals surface area contributed by atoms with Crippen molar-refractivity contribution in [3.05, 3.63) is 42.2 Å². The Balaban J connectivity index is 1.63. The van der Waals surface area contributed by atoms with E-state index in [-0.39, 0.29) is 19.4 Å². The highest BCUT2D eigenvalue weighted by Gasteiger charge is 2.12. The van der Waals surface area contributed by atoms with Gasteiger partial charge in [-0.1, -0.05) is 78.1 Å². The normalized spacial score (nSPS) is 13.0. The maximum atomic E-state index is 14.0. The zero-order valence-corrected chi connectivity index (χ0v) is 22.0. The zero-order chi connectivity index (χ0) is 25.1. The number of halogens is 2. The van der Waals surface area contributed by atoms with Crippen LogP contribution in [0.15, 0.2) is 36.7 Å². The van der Waals surface area contributed by atoms with E-state index in [0.29, 0.717) is 18.0 Å². The van der Waals surface area contributed by atoms with Crippen molar-refractivity contribution in [1.29, 1.82) is 0 Å². The van der Waals surface area contributed by atoms with Crippen LogP contribution in [0.25, 0.3) is 11.4 Å². The predicted octanol–water partition coefficient (Wildman–Crippen LogP) is 9.24. The quantitative estimate of drug-likeness (QED) is 0.174. The fourth-order valence-electron chi connectivity index (χ4n) is 4.24. The van der Waals surface area contributed by atoms with Crippen LogP contribution >= 0.6 is 0 Å². The topological polar surface area (TPSA) is 35.0 Å². The minimum absolute atomic E-state index is 0.0532. The van der Waals surface area contributed by atoms with E-state index in [2.05, 4.69) is 16.9 Å². The molecule has 0 amide bonds. The van der Waals surface area contributed by atoms with Gasteiger partial charge in [-0.3, -0.25) is 0 Å². The Morgan fingerprint density at radius 1 is 0.686 bits per heavy atom. The molecule has 0 saturated heterocycles. The van der Waals surface area contributed by atoms with Gasteiger partial charge in [-0.15, -0.1) is 0 Å². The second-order valence-corrected chi connectivity index (χ2v) is 9.74. The van der Waals surface area contributed by atoms with Crippen LogP contribution in [0.1, 0.15) is 109 Å². The second-order valence-electron chi connectivity index (χ2n) is 9.74. The average Bonchev–Trinajstić information content (AvgIpc) is 2.88. The fraction of sp³-hybridized carbons (Fsp3) is 0.667. The van der Waals surface area contributed by atoms with Crippen molar-refractivity contribution in [2.24, 2.45) is 0 Å². The summed E-state index contributed by atoms with van der Waals surface area (Å²) in [4.78, 5) is 9.05. The molecular weight excluding hydrogens is 442 g/mol. The molecule has 2 rings (SSSR count). The Bertz CT molecular complexity index is 767. The number of aryl methyl sites for hydroxylation is 1. The van der Waals surface area contributed by atoms with Gasteiger partial charge < -0.3 is 4.74 Å². The minimum atomic E-state index is -1.16. The molecule has 3 nitrogen and oxygen atoms in total. The molecule has 1 aromatic carbocycles. The molecule has 196 valence electrons. The van der Waals surface area contributed by atoms with Gasteiger partial charge in [-0.05, 0) is 61.9 Å². The summed E-state index contributed by atoms with van der Waals surface area (Å²) in [6, 6.07) is 7.38. The van der Waals surface area contributed by atoms with Crippen LogP contribution in [0.5, 0.6) is 5.75 Å². The molecule has 0 N–H and O–H groups in total. The van der Waals surface area contributed by atoms with Crippen molar-refractivity contribution in [3.8, 4) is 17.1 Å². The Morgan fingerprint density at radius 2 is 1.26 bits per heavy atom. The van der Waals surface area contributed by atoms with Gasteiger partial charge in [0.15, 0.2) is 5.82 Å². The van der Waals surface area contributed by atoms with Crippen LogP contribution in [-0.4, -0.2) is 28.9 Å². The first-order valence-corrected chi connectivity index (χ1v) is 13.9. The molecule has 0 aliphatic heterocycles. The summed E-state index contributed by atoms with van der Waals surface area (Å²) < 4.78 is 33.0. The van der Waals surface area contributed by atoms with E-state index >= 15 is 0 Å². The third kappa shape index (κ3) is 13.0. The third-order valence-electron chi connectivity index (χ3n) is 6.46. The molecule has 2 unspecified atom stereocenters. The van der Waals surface area contributed by atoms with Gasteiger partial charge in [-0.2, -0.15) is 0 Å². The van der Waals surface area contributed by atoms with E-state index in [1.807, 2.05) is 31.5 Å². The van der Waals surface area contributed by atoms with E-state index in [9.17, 15) is 8.78 Å². The molecule has 0 radical (unpaired) electrons. The number of alkyl halides is 2. The molecule has 0 spiro atoms. The lowest BCUT2D eigenvalue weighted by Gasteiger charge is -2.12. The first kappa shape index (κ1) is 29.2. The summed E-state index contributed by atoms with van der Waals surface area (Å²) >= 11 is 0. The monoisotopic (exact) mass is 488 g/mol. The van der Waals surface area contributed by atoms with Crippen LogP contribution in [0, 0.1) is 0 Å². The molecule has 0 aliphatic carbocycles. The largest absolute Gasteiger partial charge is 0.491 e. The molecule has 0 saturated carbocycles. The highest BCUT2D eigenvalue weighted by Crippen LogP contribution is 2.21. The Morgan fingerprint density at radius 3 is 1.86 bits per heavy atom. The summed E-state index contributed by atoms with van der Waals surface area (Å²) in [6.07, 6.45) is 17.9. The zero-order valence-electron chi connectivity index (χ0n) is 22.0. The van der Waals surface area contributed by atoms with Crippen molar-refractivity contribution in [1.82, 2.24) is 9.97 Å². The Kier molecular flexibility index (Phi) is 15.2. The van der Waals surface area contributed by atoms with Crippen LogP contribution in [0.4, 0.5) is 8.78 Å². The van der Waals surface area contributed by atoms with Crippen molar-refractivity contribution >= 4 is 0 Å². The number of benzene rings is 1. The molecular formula is C30H46F2N2O. The number of aromatic nitrogens is 2. The fourth-order valence-corrected chi connectivity index (χ4v) is 4.24. The molecule has 35 heavy (non-hydrogen) atoms. The van der Waals surface area contributed by atoms with Crippen LogP contribution in [0.3, 0.4) is 0 Å². The van der Waals surface area contributed by atoms with Crippen LogP contribution in [-0.2, 0) is 6.42 Å². The van der Waals surface area contributed by atoms with E-state index in [0.717, 1.165) is 18.4 Å². The first-order valence-electron chi connectivity index (χ1n) is 13.9. The molecule has 2 aromatic rings. The summed E-state index contributed by atoms with van der Waals surface area (Å²) in [5, 5.41) is 0. The van der Waals surface area contributed by atoms with Crippen LogP contribution < -0.4 is 4.74 Å². The minimum Gasteiger partial charge on any atom is -0.491 e. The molecule has 1 heterocycles. The highest BCUT2D eigenvalue weighted by atomic mass is 19.1. The number of nitrogens with zero attached hydrogens (tertiary/aromatic N) is 2. The standard InChI is InChI=1S/C30H46F2N2O/c1-3-5-6-7-8-9-10-11-12-13-15-25-22-33-30(34-23-25)26-16-20-29(21-17-26)35-24-28(32)19-18-27(31)14-4-2/h16-17,20-23,27-28H,3-15,18-19,24H2,1-2H3. The smallest absolute Gasteiger partial charge is 0.159 e. The van der Waals surface area contributed by atoms with E-state index < -0.39 is 12.3 Å².